The molecule has 0 aliphatic heterocycles. The molecule has 0 aliphatic carbocycles. The van der Waals surface area contributed by atoms with Crippen LogP contribution >= 0.6 is 0 Å². The monoisotopic (exact) mass is 128 g/mol. The van der Waals surface area contributed by atoms with E-state index in [-0.39, 0.29) is 5.92 Å². The van der Waals surface area contributed by atoms with Crippen LogP contribution in [0, 0.1) is 5.92 Å². The molecule has 0 radical (unpaired) electrons. The Balaban J connectivity index is 3.68. The van der Waals surface area contributed by atoms with E-state index >= 15 is 0 Å². The van der Waals surface area contributed by atoms with Crippen LogP contribution in [0.2, 0.25) is 0 Å². The second kappa shape index (κ2) is 4.13. The van der Waals surface area contributed by atoms with Crippen LogP contribution in [0.4, 0.5) is 0 Å². The second-order valence-corrected chi connectivity index (χ2v) is 1.97. The fourth-order valence-corrected chi connectivity index (χ4v) is 0.653. The lowest BCUT2D eigenvalue weighted by Gasteiger charge is -2.02. The maximum Gasteiger partial charge on any atom is 0.310 e. The Morgan fingerprint density at radius 1 is 1.89 bits per heavy atom. The van der Waals surface area contributed by atoms with Crippen LogP contribution in [-0.4, -0.2) is 11.1 Å². The van der Waals surface area contributed by atoms with Gasteiger partial charge < -0.3 is 5.11 Å². The average Bonchev–Trinajstić information content (AvgIpc) is 1.82. The SMILES string of the molecule is C=C[C@@H](CCC)C(=O)O. The van der Waals surface area contributed by atoms with Crippen LogP contribution in [0.25, 0.3) is 0 Å². The van der Waals surface area contributed by atoms with Crippen LogP contribution in [0.15, 0.2) is 12.7 Å². The minimum atomic E-state index is -0.771. The molecule has 0 aromatic heterocycles. The molecule has 1 N–H and O–H groups in total. The Hall–Kier alpha value is -0.790. The van der Waals surface area contributed by atoms with Gasteiger partial charge in [0.25, 0.3) is 0 Å². The van der Waals surface area contributed by atoms with Crippen LogP contribution in [0.1, 0.15) is 19.8 Å². The third-order valence-electron chi connectivity index (χ3n) is 1.20. The topological polar surface area (TPSA) is 37.3 Å². The smallest absolute Gasteiger partial charge is 0.310 e. The first-order valence-corrected chi connectivity index (χ1v) is 3.07. The molecule has 2 heteroatoms. The summed E-state index contributed by atoms with van der Waals surface area (Å²) in [4.78, 5) is 10.2. The van der Waals surface area contributed by atoms with Crippen LogP contribution in [0.3, 0.4) is 0 Å². The Kier molecular flexibility index (Phi) is 3.76. The third-order valence-corrected chi connectivity index (χ3v) is 1.20. The molecule has 1 atom stereocenters. The van der Waals surface area contributed by atoms with Crippen LogP contribution < -0.4 is 0 Å². The van der Waals surface area contributed by atoms with Crippen molar-refractivity contribution in [1.82, 2.24) is 0 Å². The molecule has 0 heterocycles. The zero-order valence-corrected chi connectivity index (χ0v) is 5.63. The molecule has 0 unspecified atom stereocenters. The van der Waals surface area contributed by atoms with Crippen molar-refractivity contribution in [2.75, 3.05) is 0 Å². The number of hydrogen-bond donors (Lipinski definition) is 1. The molecular weight excluding hydrogens is 116 g/mol. The lowest BCUT2D eigenvalue weighted by molar-refractivity contribution is -0.140. The molecule has 52 valence electrons. The molecule has 0 spiro atoms. The number of carbonyl (C=O) groups is 1. The van der Waals surface area contributed by atoms with Gasteiger partial charge >= 0.3 is 5.97 Å². The lowest BCUT2D eigenvalue weighted by atomic mass is 10.1. The minimum absolute atomic E-state index is 0.352. The van der Waals surface area contributed by atoms with Gasteiger partial charge in [-0.1, -0.05) is 19.4 Å². The predicted octanol–water partition coefficient (Wildman–Crippen LogP) is 1.67. The van der Waals surface area contributed by atoms with Crippen molar-refractivity contribution < 1.29 is 9.90 Å². The second-order valence-electron chi connectivity index (χ2n) is 1.97. The standard InChI is InChI=1S/C7H12O2/c1-3-5-6(4-2)7(8)9/h4,6H,2-3,5H2,1H3,(H,8,9)/t6-/m0/s1. The Morgan fingerprint density at radius 3 is 2.56 bits per heavy atom. The van der Waals surface area contributed by atoms with Gasteiger partial charge in [-0.25, -0.2) is 0 Å². The van der Waals surface area contributed by atoms with Crippen molar-refractivity contribution in [3.05, 3.63) is 12.7 Å². The predicted molar refractivity (Wildman–Crippen MR) is 36.2 cm³/mol. The summed E-state index contributed by atoms with van der Waals surface area (Å²) < 4.78 is 0. The molecule has 9 heavy (non-hydrogen) atoms. The highest BCUT2D eigenvalue weighted by Crippen LogP contribution is 2.06. The molecule has 0 rings (SSSR count). The van der Waals surface area contributed by atoms with Gasteiger partial charge in [-0.3, -0.25) is 4.79 Å². The highest BCUT2D eigenvalue weighted by Gasteiger charge is 2.09. The quantitative estimate of drug-likeness (QED) is 0.585. The van der Waals surface area contributed by atoms with Gasteiger partial charge in [-0.05, 0) is 6.42 Å². The summed E-state index contributed by atoms with van der Waals surface area (Å²) in [5.74, 6) is -1.12. The molecule has 0 amide bonds. The summed E-state index contributed by atoms with van der Waals surface area (Å²) in [6, 6.07) is 0. The van der Waals surface area contributed by atoms with E-state index < -0.39 is 5.97 Å². The van der Waals surface area contributed by atoms with Crippen LogP contribution in [-0.2, 0) is 4.79 Å². The van der Waals surface area contributed by atoms with E-state index in [1.54, 1.807) is 0 Å². The van der Waals surface area contributed by atoms with Crippen LogP contribution in [0.5, 0.6) is 0 Å². The van der Waals surface area contributed by atoms with Gasteiger partial charge in [0.1, 0.15) is 0 Å². The average molecular weight is 128 g/mol. The summed E-state index contributed by atoms with van der Waals surface area (Å²) in [5.41, 5.74) is 0. The van der Waals surface area contributed by atoms with Crippen molar-refractivity contribution in [2.45, 2.75) is 19.8 Å². The molecule has 0 aromatic rings. The third kappa shape index (κ3) is 2.90. The van der Waals surface area contributed by atoms with Gasteiger partial charge in [-0.15, -0.1) is 6.58 Å². The zero-order valence-electron chi connectivity index (χ0n) is 5.63. The first-order chi connectivity index (χ1) is 4.22. The normalized spacial score (nSPS) is 12.6. The molecule has 2 nitrogen and oxygen atoms in total. The number of carboxylic acid groups (broad SMARTS) is 1. The van der Waals surface area contributed by atoms with Gasteiger partial charge in [0.2, 0.25) is 0 Å². The van der Waals surface area contributed by atoms with E-state index in [1.165, 1.54) is 6.08 Å². The molecule has 0 aromatic carbocycles. The Morgan fingerprint density at radius 2 is 2.44 bits per heavy atom. The highest BCUT2D eigenvalue weighted by molar-refractivity contribution is 5.71. The number of rotatable bonds is 4. The van der Waals surface area contributed by atoms with Gasteiger partial charge in [0.15, 0.2) is 0 Å². The molecule has 0 aliphatic rings. The number of aliphatic carboxylic acids is 1. The summed E-state index contributed by atoms with van der Waals surface area (Å²) in [6.07, 6.45) is 3.06. The summed E-state index contributed by atoms with van der Waals surface area (Å²) in [5, 5.41) is 8.43. The molecule has 0 saturated heterocycles. The fraction of sp³-hybridized carbons (Fsp3) is 0.571. The molecule has 0 saturated carbocycles. The van der Waals surface area contributed by atoms with E-state index in [9.17, 15) is 4.79 Å². The minimum Gasteiger partial charge on any atom is -0.481 e. The Labute approximate surface area is 55.2 Å². The van der Waals surface area contributed by atoms with Crippen molar-refractivity contribution >= 4 is 5.97 Å². The first-order valence-electron chi connectivity index (χ1n) is 3.07. The van der Waals surface area contributed by atoms with E-state index in [4.69, 9.17) is 5.11 Å². The lowest BCUT2D eigenvalue weighted by Crippen LogP contribution is -2.09. The number of carboxylic acids is 1. The zero-order chi connectivity index (χ0) is 7.28. The maximum atomic E-state index is 10.2. The maximum absolute atomic E-state index is 10.2. The van der Waals surface area contributed by atoms with E-state index in [2.05, 4.69) is 6.58 Å². The van der Waals surface area contributed by atoms with Gasteiger partial charge in [0, 0.05) is 0 Å². The molecule has 0 bridgehead atoms. The van der Waals surface area contributed by atoms with E-state index in [0.29, 0.717) is 6.42 Å². The van der Waals surface area contributed by atoms with Crippen molar-refractivity contribution in [1.29, 1.82) is 0 Å². The number of hydrogen-bond acceptors (Lipinski definition) is 1. The first kappa shape index (κ1) is 8.21. The molecular formula is C7H12O2. The van der Waals surface area contributed by atoms with E-state index in [1.807, 2.05) is 6.92 Å². The van der Waals surface area contributed by atoms with E-state index in [0.717, 1.165) is 6.42 Å². The fourth-order valence-electron chi connectivity index (χ4n) is 0.653. The largest absolute Gasteiger partial charge is 0.481 e. The van der Waals surface area contributed by atoms with Gasteiger partial charge in [-0.2, -0.15) is 0 Å². The highest BCUT2D eigenvalue weighted by atomic mass is 16.4. The molecule has 0 fully saturated rings. The summed E-state index contributed by atoms with van der Waals surface area (Å²) in [7, 11) is 0. The van der Waals surface area contributed by atoms with Crippen molar-refractivity contribution in [3.8, 4) is 0 Å². The van der Waals surface area contributed by atoms with Gasteiger partial charge in [0.05, 0.1) is 5.92 Å². The summed E-state index contributed by atoms with van der Waals surface area (Å²) in [6.45, 7) is 5.38. The summed E-state index contributed by atoms with van der Waals surface area (Å²) >= 11 is 0. The Bertz CT molecular complexity index is 107. The van der Waals surface area contributed by atoms with Crippen molar-refractivity contribution in [3.63, 3.8) is 0 Å². The van der Waals surface area contributed by atoms with Crippen molar-refractivity contribution in [2.24, 2.45) is 5.92 Å².